The van der Waals surface area contributed by atoms with Gasteiger partial charge in [-0.1, -0.05) is 42.0 Å². The lowest BCUT2D eigenvalue weighted by atomic mass is 10.0. The molecule has 1 amide bonds. The minimum atomic E-state index is -0.0885. The Labute approximate surface area is 171 Å². The number of aromatic nitrogens is 1. The number of carbonyl (C=O) groups excluding carboxylic acids is 1. The van der Waals surface area contributed by atoms with Crippen LogP contribution in [-0.2, 0) is 0 Å². The van der Waals surface area contributed by atoms with E-state index in [2.05, 4.69) is 15.6 Å². The van der Waals surface area contributed by atoms with E-state index >= 15 is 0 Å². The number of carbonyl (C=O) groups is 1. The predicted octanol–water partition coefficient (Wildman–Crippen LogP) is 4.22. The first-order valence-corrected chi connectivity index (χ1v) is 9.34. The molecule has 3 aromatic rings. The molecule has 0 spiro atoms. The Kier molecular flexibility index (Phi) is 6.49. The minimum Gasteiger partial charge on any atom is -0.436 e. The summed E-state index contributed by atoms with van der Waals surface area (Å²) in [6.45, 7) is 3.87. The molecule has 1 saturated heterocycles. The number of benzene rings is 2. The largest absolute Gasteiger partial charge is 0.436 e. The molecule has 0 aliphatic carbocycles. The van der Waals surface area contributed by atoms with Gasteiger partial charge in [0.15, 0.2) is 5.76 Å². The number of rotatable bonds is 4. The molecule has 0 saturated carbocycles. The Bertz CT molecular complexity index is 931. The van der Waals surface area contributed by atoms with Gasteiger partial charge in [0, 0.05) is 23.7 Å². The quantitative estimate of drug-likeness (QED) is 0.691. The zero-order valence-corrected chi connectivity index (χ0v) is 16.6. The summed E-state index contributed by atoms with van der Waals surface area (Å²) in [5, 5.41) is 6.44. The molecule has 4 rings (SSSR count). The fourth-order valence-corrected chi connectivity index (χ4v) is 3.36. The second-order valence-electron chi connectivity index (χ2n) is 6.96. The molecule has 1 unspecified atom stereocenters. The molecule has 1 atom stereocenters. The van der Waals surface area contributed by atoms with Crippen molar-refractivity contribution in [2.75, 3.05) is 13.1 Å². The van der Waals surface area contributed by atoms with Gasteiger partial charge in [0.05, 0.1) is 11.8 Å². The molecule has 1 aromatic heterocycles. The van der Waals surface area contributed by atoms with Crippen LogP contribution in [0, 0.1) is 6.92 Å². The lowest BCUT2D eigenvalue weighted by Gasteiger charge is -2.24. The third-order valence-electron chi connectivity index (χ3n) is 4.88. The molecule has 6 heteroatoms. The van der Waals surface area contributed by atoms with Crippen LogP contribution in [0.5, 0.6) is 0 Å². The number of piperidine rings is 1. The van der Waals surface area contributed by atoms with Gasteiger partial charge >= 0.3 is 0 Å². The number of halogens is 1. The maximum Gasteiger partial charge on any atom is 0.252 e. The summed E-state index contributed by atoms with van der Waals surface area (Å²) in [5.74, 6) is 1.06. The summed E-state index contributed by atoms with van der Waals surface area (Å²) in [7, 11) is 0. The molecule has 2 aromatic carbocycles. The van der Waals surface area contributed by atoms with Crippen LogP contribution in [0.3, 0.4) is 0 Å². The van der Waals surface area contributed by atoms with Gasteiger partial charge in [-0.05, 0) is 38.4 Å². The van der Waals surface area contributed by atoms with Gasteiger partial charge in [-0.3, -0.25) is 4.79 Å². The highest BCUT2D eigenvalue weighted by Gasteiger charge is 2.20. The molecular formula is C22H24ClN3O2. The number of oxazole rings is 1. The first kappa shape index (κ1) is 20.1. The van der Waals surface area contributed by atoms with Crippen LogP contribution < -0.4 is 10.6 Å². The summed E-state index contributed by atoms with van der Waals surface area (Å²) < 4.78 is 5.97. The van der Waals surface area contributed by atoms with Crippen molar-refractivity contribution in [3.8, 4) is 22.8 Å². The van der Waals surface area contributed by atoms with Crippen molar-refractivity contribution in [2.45, 2.75) is 25.8 Å². The molecule has 5 nitrogen and oxygen atoms in total. The lowest BCUT2D eigenvalue weighted by molar-refractivity contribution is 0.0931. The molecule has 28 heavy (non-hydrogen) atoms. The summed E-state index contributed by atoms with van der Waals surface area (Å²) in [6.07, 6.45) is 3.78. The number of amides is 1. The number of aryl methyl sites for hydroxylation is 1. The van der Waals surface area contributed by atoms with Crippen LogP contribution in [0.25, 0.3) is 22.8 Å². The Hall–Kier alpha value is -2.63. The number of hydrogen-bond acceptors (Lipinski definition) is 4. The van der Waals surface area contributed by atoms with Crippen molar-refractivity contribution in [3.05, 3.63) is 65.9 Å². The normalized spacial score (nSPS) is 16.2. The first-order valence-electron chi connectivity index (χ1n) is 9.34. The van der Waals surface area contributed by atoms with Gasteiger partial charge in [-0.15, -0.1) is 12.4 Å². The molecule has 2 N–H and O–H groups in total. The topological polar surface area (TPSA) is 67.2 Å². The molecular weight excluding hydrogens is 374 g/mol. The van der Waals surface area contributed by atoms with Gasteiger partial charge < -0.3 is 15.1 Å². The van der Waals surface area contributed by atoms with Crippen molar-refractivity contribution in [2.24, 2.45) is 0 Å². The third kappa shape index (κ3) is 4.43. The van der Waals surface area contributed by atoms with Gasteiger partial charge in [0.2, 0.25) is 5.89 Å². The van der Waals surface area contributed by atoms with Crippen molar-refractivity contribution >= 4 is 18.3 Å². The summed E-state index contributed by atoms with van der Waals surface area (Å²) in [6, 6.07) is 15.7. The van der Waals surface area contributed by atoms with E-state index in [9.17, 15) is 4.79 Å². The maximum absolute atomic E-state index is 12.8. The fourth-order valence-electron chi connectivity index (χ4n) is 3.36. The van der Waals surface area contributed by atoms with Gasteiger partial charge in [-0.25, -0.2) is 4.98 Å². The van der Waals surface area contributed by atoms with Crippen LogP contribution in [0.1, 0.15) is 28.8 Å². The average Bonchev–Trinajstić information content (AvgIpc) is 3.19. The SMILES string of the molecule is Cc1ccc(-c2cnc(-c3ccccc3C(=O)NC3CCCNC3)o2)cc1.Cl. The molecule has 146 valence electrons. The molecule has 1 aliphatic rings. The average molecular weight is 398 g/mol. The zero-order chi connectivity index (χ0) is 18.6. The summed E-state index contributed by atoms with van der Waals surface area (Å²) >= 11 is 0. The Morgan fingerprint density at radius 2 is 1.96 bits per heavy atom. The maximum atomic E-state index is 12.8. The van der Waals surface area contributed by atoms with E-state index in [4.69, 9.17) is 4.42 Å². The molecule has 0 bridgehead atoms. The molecule has 1 aliphatic heterocycles. The summed E-state index contributed by atoms with van der Waals surface area (Å²) in [5.41, 5.74) is 3.45. The minimum absolute atomic E-state index is 0. The Morgan fingerprint density at radius 3 is 2.71 bits per heavy atom. The van der Waals surface area contributed by atoms with Crippen molar-refractivity contribution in [1.29, 1.82) is 0 Å². The predicted molar refractivity (Wildman–Crippen MR) is 113 cm³/mol. The van der Waals surface area contributed by atoms with E-state index in [1.165, 1.54) is 5.56 Å². The van der Waals surface area contributed by atoms with Gasteiger partial charge in [0.1, 0.15) is 0 Å². The van der Waals surface area contributed by atoms with Crippen LogP contribution in [0.2, 0.25) is 0 Å². The van der Waals surface area contributed by atoms with E-state index < -0.39 is 0 Å². The number of nitrogens with one attached hydrogen (secondary N) is 2. The Balaban J connectivity index is 0.00000225. The van der Waals surface area contributed by atoms with E-state index in [0.717, 1.165) is 31.5 Å². The highest BCUT2D eigenvalue weighted by Crippen LogP contribution is 2.28. The van der Waals surface area contributed by atoms with E-state index in [-0.39, 0.29) is 24.4 Å². The Morgan fingerprint density at radius 1 is 1.18 bits per heavy atom. The molecule has 1 fully saturated rings. The van der Waals surface area contributed by atoms with Gasteiger partial charge in [-0.2, -0.15) is 0 Å². The second-order valence-corrected chi connectivity index (χ2v) is 6.96. The second kappa shape index (κ2) is 9.04. The van der Waals surface area contributed by atoms with Crippen molar-refractivity contribution in [3.63, 3.8) is 0 Å². The van der Waals surface area contributed by atoms with Crippen LogP contribution in [0.4, 0.5) is 0 Å². The standard InChI is InChI=1S/C22H23N3O2.ClH/c1-15-8-10-16(11-9-15)20-14-24-22(27-20)19-7-3-2-6-18(19)21(26)25-17-5-4-12-23-13-17;/h2-3,6-11,14,17,23H,4-5,12-13H2,1H3,(H,25,26);1H. The monoisotopic (exact) mass is 397 g/mol. The first-order chi connectivity index (χ1) is 13.2. The van der Waals surface area contributed by atoms with Crippen molar-refractivity contribution < 1.29 is 9.21 Å². The van der Waals surface area contributed by atoms with E-state index in [0.29, 0.717) is 22.8 Å². The van der Waals surface area contributed by atoms with Crippen molar-refractivity contribution in [1.82, 2.24) is 15.6 Å². The van der Waals surface area contributed by atoms with E-state index in [1.807, 2.05) is 55.5 Å². The summed E-state index contributed by atoms with van der Waals surface area (Å²) in [4.78, 5) is 17.2. The smallest absolute Gasteiger partial charge is 0.252 e. The van der Waals surface area contributed by atoms with Crippen LogP contribution >= 0.6 is 12.4 Å². The zero-order valence-electron chi connectivity index (χ0n) is 15.8. The molecule has 0 radical (unpaired) electrons. The highest BCUT2D eigenvalue weighted by atomic mass is 35.5. The van der Waals surface area contributed by atoms with Crippen LogP contribution in [0.15, 0.2) is 59.1 Å². The van der Waals surface area contributed by atoms with E-state index in [1.54, 1.807) is 6.20 Å². The van der Waals surface area contributed by atoms with Crippen LogP contribution in [-0.4, -0.2) is 30.0 Å². The third-order valence-corrected chi connectivity index (χ3v) is 4.88. The lowest BCUT2D eigenvalue weighted by Crippen LogP contribution is -2.45. The highest BCUT2D eigenvalue weighted by molar-refractivity contribution is 6.00. The number of hydrogen-bond donors (Lipinski definition) is 2. The fraction of sp³-hybridized carbons (Fsp3) is 0.273. The molecule has 2 heterocycles. The van der Waals surface area contributed by atoms with Gasteiger partial charge in [0.25, 0.3) is 5.91 Å². The number of nitrogens with zero attached hydrogens (tertiary/aromatic N) is 1.